The van der Waals surface area contributed by atoms with Crippen LogP contribution in [0.25, 0.3) is 5.69 Å². The Morgan fingerprint density at radius 2 is 1.72 bits per heavy atom. The highest BCUT2D eigenvalue weighted by atomic mass is 35.5. The van der Waals surface area contributed by atoms with E-state index in [1.54, 1.807) is 10.7 Å². The molecule has 3 nitrogen and oxygen atoms in total. The van der Waals surface area contributed by atoms with Crippen LogP contribution in [0.2, 0.25) is 10.2 Å². The Morgan fingerprint density at radius 1 is 1.04 bits per heavy atom. The third kappa shape index (κ3) is 4.00. The highest BCUT2D eigenvalue weighted by Gasteiger charge is 2.16. The Labute approximate surface area is 154 Å². The van der Waals surface area contributed by atoms with Crippen LogP contribution in [-0.2, 0) is 13.1 Å². The molecule has 0 radical (unpaired) electrons. The molecule has 1 N–H and O–H groups in total. The fraction of sp³-hybridized carbons (Fsp3) is 0.167. The minimum absolute atomic E-state index is 0.307. The number of nitrogens with zero attached hydrogens (tertiary/aromatic N) is 2. The van der Waals surface area contributed by atoms with Crippen molar-refractivity contribution in [1.29, 1.82) is 0 Å². The van der Waals surface area contributed by atoms with Crippen LogP contribution in [0.3, 0.4) is 0 Å². The van der Waals surface area contributed by atoms with E-state index in [1.165, 1.54) is 12.1 Å². The zero-order chi connectivity index (χ0) is 18.0. The van der Waals surface area contributed by atoms with Crippen molar-refractivity contribution in [3.05, 3.63) is 81.1 Å². The molecule has 0 saturated heterocycles. The lowest BCUT2D eigenvalue weighted by Crippen LogP contribution is -2.13. The molecule has 25 heavy (non-hydrogen) atoms. The average molecular weight is 382 g/mol. The van der Waals surface area contributed by atoms with Gasteiger partial charge in [-0.05, 0) is 36.8 Å². The third-order valence-electron chi connectivity index (χ3n) is 3.76. The van der Waals surface area contributed by atoms with Crippen molar-refractivity contribution in [1.82, 2.24) is 15.1 Å². The van der Waals surface area contributed by atoms with Crippen LogP contribution in [-0.4, -0.2) is 9.78 Å². The van der Waals surface area contributed by atoms with Crippen LogP contribution < -0.4 is 5.32 Å². The fourth-order valence-corrected chi connectivity index (χ4v) is 3.11. The largest absolute Gasteiger partial charge is 0.308 e. The van der Waals surface area contributed by atoms with Gasteiger partial charge in [-0.3, -0.25) is 0 Å². The Balaban J connectivity index is 1.76. The normalized spacial score (nSPS) is 11.1. The maximum Gasteiger partial charge on any atom is 0.137 e. The van der Waals surface area contributed by atoms with Gasteiger partial charge < -0.3 is 5.32 Å². The van der Waals surface area contributed by atoms with Crippen molar-refractivity contribution in [2.45, 2.75) is 20.0 Å². The molecular weight excluding hydrogens is 367 g/mol. The lowest BCUT2D eigenvalue weighted by atomic mass is 10.2. The molecule has 0 aliphatic carbocycles. The number of hydrogen-bond donors (Lipinski definition) is 1. The topological polar surface area (TPSA) is 29.9 Å². The summed E-state index contributed by atoms with van der Waals surface area (Å²) in [6, 6.07) is 10.7. The molecule has 0 saturated carbocycles. The Bertz CT molecular complexity index is 889. The van der Waals surface area contributed by atoms with Gasteiger partial charge in [-0.15, -0.1) is 0 Å². The summed E-state index contributed by atoms with van der Waals surface area (Å²) in [5.41, 5.74) is 2.77. The molecule has 0 bridgehead atoms. The van der Waals surface area contributed by atoms with Gasteiger partial charge >= 0.3 is 0 Å². The van der Waals surface area contributed by atoms with Crippen LogP contribution in [0.1, 0.15) is 16.8 Å². The zero-order valence-electron chi connectivity index (χ0n) is 13.4. The van der Waals surface area contributed by atoms with Gasteiger partial charge in [0.2, 0.25) is 0 Å². The standard InChI is InChI=1S/C18H15Cl2F2N3/c1-11-15(10-23-9-12-6-13(21)8-14(22)7-12)18(20)25(24-11)17-5-3-2-4-16(17)19/h2-8,23H,9-10H2,1H3. The SMILES string of the molecule is Cc1nn(-c2ccccc2Cl)c(Cl)c1CNCc1cc(F)cc(F)c1. The molecule has 0 atom stereocenters. The molecule has 3 rings (SSSR count). The van der Waals surface area contributed by atoms with E-state index in [4.69, 9.17) is 23.2 Å². The molecule has 0 aliphatic rings. The summed E-state index contributed by atoms with van der Waals surface area (Å²) in [6.45, 7) is 2.56. The molecule has 1 aromatic heterocycles. The lowest BCUT2D eigenvalue weighted by molar-refractivity contribution is 0.575. The summed E-state index contributed by atoms with van der Waals surface area (Å²) in [6.07, 6.45) is 0. The smallest absolute Gasteiger partial charge is 0.137 e. The predicted octanol–water partition coefficient (Wildman–Crippen LogP) is 5.06. The van der Waals surface area contributed by atoms with E-state index in [2.05, 4.69) is 10.4 Å². The number of aromatic nitrogens is 2. The van der Waals surface area contributed by atoms with Gasteiger partial charge in [0.15, 0.2) is 0 Å². The van der Waals surface area contributed by atoms with E-state index in [0.29, 0.717) is 34.5 Å². The molecule has 130 valence electrons. The van der Waals surface area contributed by atoms with E-state index in [0.717, 1.165) is 17.3 Å². The second kappa shape index (κ2) is 7.52. The molecule has 0 aliphatic heterocycles. The van der Waals surface area contributed by atoms with Gasteiger partial charge in [0.1, 0.15) is 16.8 Å². The summed E-state index contributed by atoms with van der Waals surface area (Å²) < 4.78 is 28.0. The number of halogens is 4. The van der Waals surface area contributed by atoms with E-state index >= 15 is 0 Å². The van der Waals surface area contributed by atoms with E-state index in [1.807, 2.05) is 25.1 Å². The molecule has 7 heteroatoms. The van der Waals surface area contributed by atoms with Gasteiger partial charge in [0, 0.05) is 24.7 Å². The molecule has 0 fully saturated rings. The predicted molar refractivity (Wildman–Crippen MR) is 95.2 cm³/mol. The highest BCUT2D eigenvalue weighted by Crippen LogP contribution is 2.27. The van der Waals surface area contributed by atoms with Crippen molar-refractivity contribution in [2.24, 2.45) is 0 Å². The lowest BCUT2D eigenvalue weighted by Gasteiger charge is -2.07. The Kier molecular flexibility index (Phi) is 5.37. The first-order valence-corrected chi connectivity index (χ1v) is 8.36. The minimum atomic E-state index is -0.599. The Hall–Kier alpha value is -1.95. The van der Waals surface area contributed by atoms with Crippen LogP contribution in [0.5, 0.6) is 0 Å². The summed E-state index contributed by atoms with van der Waals surface area (Å²) in [4.78, 5) is 0. The van der Waals surface area contributed by atoms with Crippen molar-refractivity contribution in [3.8, 4) is 5.69 Å². The summed E-state index contributed by atoms with van der Waals surface area (Å²) in [7, 11) is 0. The van der Waals surface area contributed by atoms with E-state index in [9.17, 15) is 8.78 Å². The van der Waals surface area contributed by atoms with E-state index in [-0.39, 0.29) is 0 Å². The Morgan fingerprint density at radius 3 is 2.40 bits per heavy atom. The molecule has 2 aromatic carbocycles. The van der Waals surface area contributed by atoms with Gasteiger partial charge in [-0.25, -0.2) is 13.5 Å². The van der Waals surface area contributed by atoms with Crippen LogP contribution >= 0.6 is 23.2 Å². The average Bonchev–Trinajstić information content (AvgIpc) is 2.82. The molecule has 1 heterocycles. The van der Waals surface area contributed by atoms with Gasteiger partial charge in [-0.2, -0.15) is 5.10 Å². The highest BCUT2D eigenvalue weighted by molar-refractivity contribution is 6.33. The molecule has 3 aromatic rings. The number of nitrogens with one attached hydrogen (secondary N) is 1. The fourth-order valence-electron chi connectivity index (χ4n) is 2.56. The second-order valence-corrected chi connectivity index (χ2v) is 6.36. The number of para-hydroxylation sites is 1. The van der Waals surface area contributed by atoms with Crippen molar-refractivity contribution in [2.75, 3.05) is 0 Å². The maximum absolute atomic E-state index is 13.2. The van der Waals surface area contributed by atoms with Crippen molar-refractivity contribution in [3.63, 3.8) is 0 Å². The first-order chi connectivity index (χ1) is 12.0. The first-order valence-electron chi connectivity index (χ1n) is 7.60. The number of benzene rings is 2. The zero-order valence-corrected chi connectivity index (χ0v) is 14.9. The summed E-state index contributed by atoms with van der Waals surface area (Å²) in [5.74, 6) is -1.20. The van der Waals surface area contributed by atoms with Gasteiger partial charge in [0.05, 0.1) is 16.4 Å². The molecule has 0 spiro atoms. The maximum atomic E-state index is 13.2. The van der Waals surface area contributed by atoms with Crippen LogP contribution in [0.4, 0.5) is 8.78 Å². The number of aryl methyl sites for hydroxylation is 1. The molecular formula is C18H15Cl2F2N3. The number of hydrogen-bond acceptors (Lipinski definition) is 2. The monoisotopic (exact) mass is 381 g/mol. The summed E-state index contributed by atoms with van der Waals surface area (Å²) >= 11 is 12.7. The molecule has 0 unspecified atom stereocenters. The van der Waals surface area contributed by atoms with Gasteiger partial charge in [-0.1, -0.05) is 35.3 Å². The summed E-state index contributed by atoms with van der Waals surface area (Å²) in [5, 5.41) is 8.56. The van der Waals surface area contributed by atoms with E-state index < -0.39 is 11.6 Å². The number of rotatable bonds is 5. The first kappa shape index (κ1) is 17.9. The quantitative estimate of drug-likeness (QED) is 0.669. The minimum Gasteiger partial charge on any atom is -0.308 e. The van der Waals surface area contributed by atoms with Crippen molar-refractivity contribution >= 4 is 23.2 Å². The van der Waals surface area contributed by atoms with Gasteiger partial charge in [0.25, 0.3) is 0 Å². The third-order valence-corrected chi connectivity index (χ3v) is 4.46. The van der Waals surface area contributed by atoms with Crippen molar-refractivity contribution < 1.29 is 8.78 Å². The van der Waals surface area contributed by atoms with Crippen LogP contribution in [0.15, 0.2) is 42.5 Å². The van der Waals surface area contributed by atoms with Crippen LogP contribution in [0, 0.1) is 18.6 Å². The molecule has 0 amide bonds. The second-order valence-electron chi connectivity index (χ2n) is 5.60.